The van der Waals surface area contributed by atoms with Gasteiger partial charge in [0.1, 0.15) is 19.0 Å². The molecule has 0 saturated heterocycles. The fourth-order valence-electron chi connectivity index (χ4n) is 3.82. The van der Waals surface area contributed by atoms with Crippen LogP contribution in [-0.2, 0) is 11.3 Å². The molecule has 1 N–H and O–H groups in total. The molecule has 160 valence electrons. The molecule has 0 fully saturated rings. The molecule has 3 aromatic rings. The Morgan fingerprint density at radius 3 is 2.77 bits per heavy atom. The van der Waals surface area contributed by atoms with Crippen LogP contribution >= 0.6 is 0 Å². The number of amides is 1. The molecular weight excluding hydrogens is 390 g/mol. The summed E-state index contributed by atoms with van der Waals surface area (Å²) in [5.74, 6) is 0.375. The van der Waals surface area contributed by atoms with Crippen molar-refractivity contribution in [3.8, 4) is 17.0 Å². The van der Waals surface area contributed by atoms with Crippen LogP contribution in [0.15, 0.2) is 61.3 Å². The van der Waals surface area contributed by atoms with Crippen LogP contribution in [0, 0.1) is 0 Å². The molecule has 4 rings (SSSR count). The highest BCUT2D eigenvalue weighted by atomic mass is 16.5. The number of nitrogens with one attached hydrogen (secondary N) is 1. The second-order valence-corrected chi connectivity index (χ2v) is 8.64. The van der Waals surface area contributed by atoms with Crippen molar-refractivity contribution in [1.82, 2.24) is 25.2 Å². The van der Waals surface area contributed by atoms with E-state index in [2.05, 4.69) is 37.3 Å². The van der Waals surface area contributed by atoms with Crippen LogP contribution in [0.5, 0.6) is 5.88 Å². The van der Waals surface area contributed by atoms with Gasteiger partial charge in [-0.25, -0.2) is 9.97 Å². The van der Waals surface area contributed by atoms with Gasteiger partial charge in [-0.05, 0) is 38.0 Å². The summed E-state index contributed by atoms with van der Waals surface area (Å²) < 4.78 is 5.86. The van der Waals surface area contributed by atoms with Crippen LogP contribution < -0.4 is 10.1 Å². The van der Waals surface area contributed by atoms with Crippen LogP contribution in [0.2, 0.25) is 0 Å². The molecule has 7 nitrogen and oxygen atoms in total. The summed E-state index contributed by atoms with van der Waals surface area (Å²) in [5.41, 5.74) is 3.58. The predicted octanol–water partition coefficient (Wildman–Crippen LogP) is 3.39. The van der Waals surface area contributed by atoms with E-state index >= 15 is 0 Å². The first-order valence-corrected chi connectivity index (χ1v) is 10.4. The third-order valence-electron chi connectivity index (χ3n) is 5.09. The molecule has 1 atom stereocenters. The van der Waals surface area contributed by atoms with Gasteiger partial charge in [-0.15, -0.1) is 0 Å². The van der Waals surface area contributed by atoms with Crippen LogP contribution in [0.4, 0.5) is 0 Å². The van der Waals surface area contributed by atoms with E-state index < -0.39 is 6.04 Å². The lowest BCUT2D eigenvalue weighted by atomic mass is 9.99. The second-order valence-electron chi connectivity index (χ2n) is 8.64. The lowest BCUT2D eigenvalue weighted by molar-refractivity contribution is -0.128. The maximum Gasteiger partial charge on any atom is 0.242 e. The Bertz CT molecular complexity index is 1050. The Labute approximate surface area is 182 Å². The molecule has 3 heterocycles. The normalized spacial score (nSPS) is 16.7. The monoisotopic (exact) mass is 417 g/mol. The van der Waals surface area contributed by atoms with Crippen LogP contribution in [0.25, 0.3) is 11.1 Å². The van der Waals surface area contributed by atoms with Crippen molar-refractivity contribution in [1.29, 1.82) is 0 Å². The Kier molecular flexibility index (Phi) is 5.95. The van der Waals surface area contributed by atoms with Crippen molar-refractivity contribution in [3.05, 3.63) is 72.4 Å². The topological polar surface area (TPSA) is 80.2 Å². The minimum Gasteiger partial charge on any atom is -0.476 e. The van der Waals surface area contributed by atoms with Gasteiger partial charge in [0.05, 0.1) is 5.56 Å². The van der Waals surface area contributed by atoms with Gasteiger partial charge in [-0.3, -0.25) is 14.7 Å². The van der Waals surface area contributed by atoms with E-state index in [9.17, 15) is 4.79 Å². The first kappa shape index (κ1) is 20.9. The standard InChI is InChI=1S/C24H27N5O2/c1-24(2,3)28-22(30)21-20-14-26-16-27-23(20)31-12-11-29(21)15-18-7-4-5-9-19(18)17-8-6-10-25-13-17/h4-10,13-14,16,21H,11-12,15H2,1-3H3,(H,28,30). The Balaban J connectivity index is 1.72. The number of fused-ring (bicyclic) bond motifs is 1. The Hall–Kier alpha value is -3.32. The summed E-state index contributed by atoms with van der Waals surface area (Å²) >= 11 is 0. The van der Waals surface area contributed by atoms with Crippen molar-refractivity contribution >= 4 is 5.91 Å². The fraction of sp³-hybridized carbons (Fsp3) is 0.333. The number of carbonyl (C=O) groups excluding carboxylic acids is 1. The van der Waals surface area contributed by atoms with Gasteiger partial charge in [-0.2, -0.15) is 0 Å². The third-order valence-corrected chi connectivity index (χ3v) is 5.09. The van der Waals surface area contributed by atoms with Crippen molar-refractivity contribution in [2.24, 2.45) is 0 Å². The van der Waals surface area contributed by atoms with Crippen LogP contribution in [-0.4, -0.2) is 44.4 Å². The van der Waals surface area contributed by atoms with Crippen LogP contribution in [0.1, 0.15) is 37.9 Å². The molecule has 2 aromatic heterocycles. The number of hydrogen-bond donors (Lipinski definition) is 1. The predicted molar refractivity (Wildman–Crippen MR) is 118 cm³/mol. The van der Waals surface area contributed by atoms with E-state index in [0.717, 1.165) is 16.7 Å². The Morgan fingerprint density at radius 1 is 1.16 bits per heavy atom. The van der Waals surface area contributed by atoms with Crippen molar-refractivity contribution in [2.75, 3.05) is 13.2 Å². The molecule has 0 bridgehead atoms. The van der Waals surface area contributed by atoms with E-state index in [1.165, 1.54) is 6.33 Å². The van der Waals surface area contributed by atoms with E-state index in [1.54, 1.807) is 12.4 Å². The minimum atomic E-state index is -0.556. The van der Waals surface area contributed by atoms with E-state index in [-0.39, 0.29) is 11.4 Å². The van der Waals surface area contributed by atoms with E-state index in [1.807, 2.05) is 51.2 Å². The van der Waals surface area contributed by atoms with Gasteiger partial charge in [0.15, 0.2) is 0 Å². The fourth-order valence-corrected chi connectivity index (χ4v) is 3.82. The summed E-state index contributed by atoms with van der Waals surface area (Å²) in [7, 11) is 0. The molecule has 0 aliphatic carbocycles. The van der Waals surface area contributed by atoms with Crippen molar-refractivity contribution in [2.45, 2.75) is 38.9 Å². The van der Waals surface area contributed by atoms with E-state index in [4.69, 9.17) is 4.74 Å². The molecule has 0 spiro atoms. The third kappa shape index (κ3) is 4.88. The van der Waals surface area contributed by atoms with Gasteiger partial charge >= 0.3 is 0 Å². The zero-order chi connectivity index (χ0) is 21.8. The average Bonchev–Trinajstić information content (AvgIpc) is 2.92. The van der Waals surface area contributed by atoms with E-state index in [0.29, 0.717) is 31.1 Å². The zero-order valence-corrected chi connectivity index (χ0v) is 18.1. The number of nitrogens with zero attached hydrogens (tertiary/aromatic N) is 4. The summed E-state index contributed by atoms with van der Waals surface area (Å²) in [6.07, 6.45) is 6.75. The van der Waals surface area contributed by atoms with Gasteiger partial charge in [-0.1, -0.05) is 30.3 Å². The summed E-state index contributed by atoms with van der Waals surface area (Å²) in [6.45, 7) is 7.52. The molecule has 31 heavy (non-hydrogen) atoms. The van der Waals surface area contributed by atoms with Crippen molar-refractivity contribution < 1.29 is 9.53 Å². The zero-order valence-electron chi connectivity index (χ0n) is 18.1. The highest BCUT2D eigenvalue weighted by Crippen LogP contribution is 2.33. The molecule has 1 amide bonds. The highest BCUT2D eigenvalue weighted by Gasteiger charge is 2.35. The molecule has 0 radical (unpaired) electrons. The molecular formula is C24H27N5O2. The molecule has 0 saturated carbocycles. The highest BCUT2D eigenvalue weighted by molar-refractivity contribution is 5.84. The number of ether oxygens (including phenoxy) is 1. The summed E-state index contributed by atoms with van der Waals surface area (Å²) in [5, 5.41) is 3.12. The van der Waals surface area contributed by atoms with Gasteiger partial charge in [0.25, 0.3) is 0 Å². The van der Waals surface area contributed by atoms with Gasteiger partial charge < -0.3 is 10.1 Å². The molecule has 1 aliphatic heterocycles. The maximum atomic E-state index is 13.4. The second kappa shape index (κ2) is 8.81. The van der Waals surface area contributed by atoms with Gasteiger partial charge in [0.2, 0.25) is 11.8 Å². The van der Waals surface area contributed by atoms with Gasteiger partial charge in [0, 0.05) is 42.8 Å². The SMILES string of the molecule is CC(C)(C)NC(=O)C1c2cncnc2OCCN1Cc1ccccc1-c1cccnc1. The first-order valence-electron chi connectivity index (χ1n) is 10.4. The number of hydrogen-bond acceptors (Lipinski definition) is 6. The minimum absolute atomic E-state index is 0.0899. The number of carbonyl (C=O) groups is 1. The lowest BCUT2D eigenvalue weighted by Gasteiger charge is -2.32. The largest absolute Gasteiger partial charge is 0.476 e. The summed E-state index contributed by atoms with van der Waals surface area (Å²) in [6, 6.07) is 11.6. The Morgan fingerprint density at radius 2 is 2.00 bits per heavy atom. The maximum absolute atomic E-state index is 13.4. The summed E-state index contributed by atoms with van der Waals surface area (Å²) in [4.78, 5) is 28.2. The van der Waals surface area contributed by atoms with Crippen molar-refractivity contribution in [3.63, 3.8) is 0 Å². The smallest absolute Gasteiger partial charge is 0.242 e. The number of benzene rings is 1. The average molecular weight is 418 g/mol. The van der Waals surface area contributed by atoms with Crippen LogP contribution in [0.3, 0.4) is 0 Å². The molecule has 1 aliphatic rings. The number of pyridine rings is 1. The lowest BCUT2D eigenvalue weighted by Crippen LogP contribution is -2.47. The molecule has 1 aromatic carbocycles. The molecule has 1 unspecified atom stereocenters. The number of aromatic nitrogens is 3. The number of rotatable bonds is 4. The molecule has 7 heteroatoms. The first-order chi connectivity index (χ1) is 14.9. The quantitative estimate of drug-likeness (QED) is 0.701.